The number of ether oxygens (including phenoxy) is 1. The zero-order chi connectivity index (χ0) is 14.4. The molecule has 1 aromatic carbocycles. The highest BCUT2D eigenvalue weighted by molar-refractivity contribution is 5.67. The molecule has 21 heavy (non-hydrogen) atoms. The van der Waals surface area contributed by atoms with Crippen molar-refractivity contribution in [3.05, 3.63) is 29.7 Å². The van der Waals surface area contributed by atoms with Gasteiger partial charge >= 0.3 is 6.09 Å². The number of fused-ring (bicyclic) bond motifs is 1. The van der Waals surface area contributed by atoms with Crippen LogP contribution in [0.2, 0.25) is 0 Å². The Morgan fingerprint density at radius 3 is 3.00 bits per heavy atom. The van der Waals surface area contributed by atoms with Gasteiger partial charge in [-0.15, -0.1) is 0 Å². The number of nitrogens with one attached hydrogen (secondary N) is 1. The predicted molar refractivity (Wildman–Crippen MR) is 71.1 cm³/mol. The molecule has 2 aromatic rings. The second-order valence-electron chi connectivity index (χ2n) is 5.30. The third kappa shape index (κ3) is 2.20. The number of carbonyl (C=O) groups is 1. The summed E-state index contributed by atoms with van der Waals surface area (Å²) in [5.74, 6) is 2.31. The highest BCUT2D eigenvalue weighted by atomic mass is 16.5. The van der Waals surface area contributed by atoms with Crippen LogP contribution in [0.3, 0.4) is 0 Å². The van der Waals surface area contributed by atoms with Gasteiger partial charge < -0.3 is 19.7 Å². The second-order valence-corrected chi connectivity index (χ2v) is 5.30. The monoisotopic (exact) mass is 287 g/mol. The summed E-state index contributed by atoms with van der Waals surface area (Å²) in [6.45, 7) is 0.296. The lowest BCUT2D eigenvalue weighted by molar-refractivity contribution is 0.186. The molecule has 0 radical (unpaired) electrons. The minimum absolute atomic E-state index is 0.296. The highest BCUT2D eigenvalue weighted by Gasteiger charge is 2.30. The molecule has 108 valence electrons. The standard InChI is InChI=1S/C14H13N3O4/c18-14(19)15-10-6-20-11-5-8(3-4-9(10)11)12-16-13(21-17-12)7-1-2-7/h3-5,7,10,15H,1-2,6H2,(H,18,19)/t10-/m1/s1. The van der Waals surface area contributed by atoms with Gasteiger partial charge in [0, 0.05) is 17.0 Å². The van der Waals surface area contributed by atoms with Crippen LogP contribution in [0.1, 0.15) is 36.3 Å². The lowest BCUT2D eigenvalue weighted by Crippen LogP contribution is -2.27. The molecular formula is C14H13N3O4. The molecule has 1 saturated carbocycles. The Morgan fingerprint density at radius 2 is 2.24 bits per heavy atom. The van der Waals surface area contributed by atoms with Crippen molar-refractivity contribution in [3.63, 3.8) is 0 Å². The topological polar surface area (TPSA) is 97.5 Å². The van der Waals surface area contributed by atoms with Crippen molar-refractivity contribution < 1.29 is 19.2 Å². The Kier molecular flexibility index (Phi) is 2.60. The van der Waals surface area contributed by atoms with Gasteiger partial charge in [-0.3, -0.25) is 0 Å². The van der Waals surface area contributed by atoms with Gasteiger partial charge in [0.25, 0.3) is 0 Å². The maximum Gasteiger partial charge on any atom is 0.405 e. The summed E-state index contributed by atoms with van der Waals surface area (Å²) in [5, 5.41) is 15.2. The van der Waals surface area contributed by atoms with E-state index in [-0.39, 0.29) is 6.04 Å². The third-order valence-corrected chi connectivity index (χ3v) is 3.72. The molecule has 0 spiro atoms. The van der Waals surface area contributed by atoms with E-state index in [0.717, 1.165) is 24.0 Å². The maximum absolute atomic E-state index is 10.7. The SMILES string of the molecule is O=C(O)N[C@@H]1COc2cc(-c3noc(C4CC4)n3)ccc21. The fourth-order valence-corrected chi connectivity index (χ4v) is 2.47. The number of rotatable bonds is 3. The molecule has 0 saturated heterocycles. The van der Waals surface area contributed by atoms with Crippen LogP contribution in [0, 0.1) is 0 Å². The predicted octanol–water partition coefficient (Wildman–Crippen LogP) is 2.32. The van der Waals surface area contributed by atoms with Crippen LogP contribution < -0.4 is 10.1 Å². The molecule has 0 bridgehead atoms. The molecule has 2 N–H and O–H groups in total. The quantitative estimate of drug-likeness (QED) is 0.899. The van der Waals surface area contributed by atoms with E-state index >= 15 is 0 Å². The number of nitrogens with zero attached hydrogens (tertiary/aromatic N) is 2. The molecule has 0 unspecified atom stereocenters. The van der Waals surface area contributed by atoms with Crippen LogP contribution >= 0.6 is 0 Å². The van der Waals surface area contributed by atoms with E-state index in [1.165, 1.54) is 0 Å². The molecule has 1 aromatic heterocycles. The number of benzene rings is 1. The minimum Gasteiger partial charge on any atom is -0.491 e. The highest BCUT2D eigenvalue weighted by Crippen LogP contribution is 2.40. The zero-order valence-electron chi connectivity index (χ0n) is 11.1. The maximum atomic E-state index is 10.7. The summed E-state index contributed by atoms with van der Waals surface area (Å²) in [6, 6.07) is 5.18. The second kappa shape index (κ2) is 4.47. The van der Waals surface area contributed by atoms with Gasteiger partial charge in [-0.1, -0.05) is 17.3 Å². The van der Waals surface area contributed by atoms with Gasteiger partial charge in [-0.05, 0) is 18.9 Å². The molecule has 1 atom stereocenters. The van der Waals surface area contributed by atoms with E-state index in [0.29, 0.717) is 30.0 Å². The first-order chi connectivity index (χ1) is 10.2. The first kappa shape index (κ1) is 12.2. The normalized spacial score (nSPS) is 19.9. The van der Waals surface area contributed by atoms with Crippen molar-refractivity contribution in [1.82, 2.24) is 15.5 Å². The summed E-state index contributed by atoms with van der Waals surface area (Å²) >= 11 is 0. The van der Waals surface area contributed by atoms with E-state index in [2.05, 4.69) is 15.5 Å². The first-order valence-electron chi connectivity index (χ1n) is 6.81. The zero-order valence-corrected chi connectivity index (χ0v) is 11.1. The summed E-state index contributed by atoms with van der Waals surface area (Å²) in [6.07, 6.45) is 1.15. The first-order valence-corrected chi connectivity index (χ1v) is 6.81. The third-order valence-electron chi connectivity index (χ3n) is 3.72. The van der Waals surface area contributed by atoms with Crippen molar-refractivity contribution >= 4 is 6.09 Å². The van der Waals surface area contributed by atoms with Crippen molar-refractivity contribution in [2.24, 2.45) is 0 Å². The number of hydrogen-bond donors (Lipinski definition) is 2. The molecular weight excluding hydrogens is 274 g/mol. The molecule has 7 heteroatoms. The van der Waals surface area contributed by atoms with Gasteiger partial charge in [0.1, 0.15) is 12.4 Å². The number of aromatic nitrogens is 2. The largest absolute Gasteiger partial charge is 0.491 e. The minimum atomic E-state index is -1.06. The van der Waals surface area contributed by atoms with Crippen molar-refractivity contribution in [2.45, 2.75) is 24.8 Å². The summed E-state index contributed by atoms with van der Waals surface area (Å²) in [7, 11) is 0. The van der Waals surface area contributed by atoms with E-state index in [1.807, 2.05) is 18.2 Å². The molecule has 2 aliphatic rings. The molecule has 2 heterocycles. The Bertz CT molecular complexity index is 708. The van der Waals surface area contributed by atoms with E-state index in [1.54, 1.807) is 0 Å². The molecule has 4 rings (SSSR count). The number of carboxylic acid groups (broad SMARTS) is 1. The molecule has 1 fully saturated rings. The lowest BCUT2D eigenvalue weighted by Gasteiger charge is -2.07. The fourth-order valence-electron chi connectivity index (χ4n) is 2.47. The van der Waals surface area contributed by atoms with E-state index < -0.39 is 6.09 Å². The average molecular weight is 287 g/mol. The fraction of sp³-hybridized carbons (Fsp3) is 0.357. The van der Waals surface area contributed by atoms with E-state index in [4.69, 9.17) is 14.4 Å². The van der Waals surface area contributed by atoms with Crippen LogP contribution in [0.15, 0.2) is 22.7 Å². The lowest BCUT2D eigenvalue weighted by atomic mass is 10.1. The summed E-state index contributed by atoms with van der Waals surface area (Å²) < 4.78 is 10.8. The Balaban J connectivity index is 1.61. The van der Waals surface area contributed by atoms with Crippen LogP contribution in [0.4, 0.5) is 4.79 Å². The van der Waals surface area contributed by atoms with Gasteiger partial charge in [-0.2, -0.15) is 4.98 Å². The van der Waals surface area contributed by atoms with Gasteiger partial charge in [0.05, 0.1) is 6.04 Å². The van der Waals surface area contributed by atoms with E-state index in [9.17, 15) is 4.79 Å². The number of amides is 1. The molecule has 1 aliphatic carbocycles. The number of hydrogen-bond acceptors (Lipinski definition) is 5. The Hall–Kier alpha value is -2.57. The molecule has 1 amide bonds. The van der Waals surface area contributed by atoms with Crippen molar-refractivity contribution in [3.8, 4) is 17.1 Å². The van der Waals surface area contributed by atoms with Crippen LogP contribution in [-0.2, 0) is 0 Å². The Labute approximate surface area is 119 Å². The Morgan fingerprint density at radius 1 is 1.38 bits per heavy atom. The smallest absolute Gasteiger partial charge is 0.405 e. The van der Waals surface area contributed by atoms with Gasteiger partial charge in [0.15, 0.2) is 0 Å². The van der Waals surface area contributed by atoms with Gasteiger partial charge in [0.2, 0.25) is 11.7 Å². The van der Waals surface area contributed by atoms with Gasteiger partial charge in [-0.25, -0.2) is 4.79 Å². The molecule has 1 aliphatic heterocycles. The van der Waals surface area contributed by atoms with Crippen LogP contribution in [0.25, 0.3) is 11.4 Å². The summed E-state index contributed by atoms with van der Waals surface area (Å²) in [5.41, 5.74) is 1.63. The van der Waals surface area contributed by atoms with Crippen LogP contribution in [-0.4, -0.2) is 27.9 Å². The molecule has 7 nitrogen and oxygen atoms in total. The average Bonchev–Trinajstić information content (AvgIpc) is 3.07. The summed E-state index contributed by atoms with van der Waals surface area (Å²) in [4.78, 5) is 15.1. The van der Waals surface area contributed by atoms with Crippen molar-refractivity contribution in [1.29, 1.82) is 0 Å². The van der Waals surface area contributed by atoms with Crippen LogP contribution in [0.5, 0.6) is 5.75 Å². The van der Waals surface area contributed by atoms with Crippen molar-refractivity contribution in [2.75, 3.05) is 6.61 Å².